The van der Waals surface area contributed by atoms with Crippen molar-refractivity contribution in [2.45, 2.75) is 50.5 Å². The molecule has 1 aromatic carbocycles. The van der Waals surface area contributed by atoms with E-state index in [4.69, 9.17) is 9.47 Å². The molecule has 1 aliphatic heterocycles. The van der Waals surface area contributed by atoms with Gasteiger partial charge < -0.3 is 14.8 Å². The van der Waals surface area contributed by atoms with Gasteiger partial charge in [-0.15, -0.1) is 0 Å². The number of sulfonamides is 1. The maximum absolute atomic E-state index is 12.6. The molecule has 0 spiro atoms. The van der Waals surface area contributed by atoms with Crippen LogP contribution >= 0.6 is 0 Å². The summed E-state index contributed by atoms with van der Waals surface area (Å²) in [5, 5.41) is 2.80. The maximum atomic E-state index is 12.6. The van der Waals surface area contributed by atoms with Crippen molar-refractivity contribution >= 4 is 21.9 Å². The molecule has 8 nitrogen and oxygen atoms in total. The number of carbonyl (C=O) groups is 2. The fourth-order valence-electron chi connectivity index (χ4n) is 3.00. The lowest BCUT2D eigenvalue weighted by Crippen LogP contribution is -2.40. The van der Waals surface area contributed by atoms with Gasteiger partial charge in [0.1, 0.15) is 0 Å². The third-order valence-corrected chi connectivity index (χ3v) is 6.59. The standard InChI is InChI=1S/C20H30N2O6S/c1-3-4-5-6-16(2)21-19(23)15-28-20(24)17-7-9-18(10-8-17)29(25,26)22-11-13-27-14-12-22/h7-10,16H,3-6,11-15H2,1-2H3,(H,21,23)/t16-/m0/s1. The van der Waals surface area contributed by atoms with Crippen LogP contribution < -0.4 is 5.32 Å². The van der Waals surface area contributed by atoms with Gasteiger partial charge in [-0.2, -0.15) is 4.31 Å². The minimum atomic E-state index is -3.62. The van der Waals surface area contributed by atoms with Gasteiger partial charge in [-0.3, -0.25) is 4.79 Å². The van der Waals surface area contributed by atoms with Crippen LogP contribution in [-0.4, -0.2) is 63.6 Å². The Labute approximate surface area is 172 Å². The van der Waals surface area contributed by atoms with Crippen LogP contribution in [0.25, 0.3) is 0 Å². The molecule has 1 heterocycles. The monoisotopic (exact) mass is 426 g/mol. The van der Waals surface area contributed by atoms with Gasteiger partial charge in [0.25, 0.3) is 5.91 Å². The van der Waals surface area contributed by atoms with Gasteiger partial charge in [0.2, 0.25) is 10.0 Å². The zero-order valence-corrected chi connectivity index (χ0v) is 17.9. The Bertz CT molecular complexity index is 773. The zero-order valence-electron chi connectivity index (χ0n) is 17.1. The second-order valence-electron chi connectivity index (χ2n) is 7.08. The first-order valence-corrected chi connectivity index (χ1v) is 11.4. The van der Waals surface area contributed by atoms with Crippen LogP contribution in [0.1, 0.15) is 49.9 Å². The average molecular weight is 427 g/mol. The Balaban J connectivity index is 1.84. The van der Waals surface area contributed by atoms with Gasteiger partial charge in [0.15, 0.2) is 6.61 Å². The normalized spacial score (nSPS) is 16.2. The molecule has 162 valence electrons. The van der Waals surface area contributed by atoms with E-state index in [9.17, 15) is 18.0 Å². The van der Waals surface area contributed by atoms with Crippen molar-refractivity contribution in [3.63, 3.8) is 0 Å². The van der Waals surface area contributed by atoms with Crippen LogP contribution in [0, 0.1) is 0 Å². The molecule has 1 aromatic rings. The highest BCUT2D eigenvalue weighted by Crippen LogP contribution is 2.18. The third-order valence-electron chi connectivity index (χ3n) is 4.68. The van der Waals surface area contributed by atoms with E-state index in [0.29, 0.717) is 26.3 Å². The highest BCUT2D eigenvalue weighted by atomic mass is 32.2. The first-order valence-electron chi connectivity index (χ1n) is 9.99. The van der Waals surface area contributed by atoms with Crippen molar-refractivity contribution in [1.82, 2.24) is 9.62 Å². The summed E-state index contributed by atoms with van der Waals surface area (Å²) >= 11 is 0. The SMILES string of the molecule is CCCCC[C@H](C)NC(=O)COC(=O)c1ccc(S(=O)(=O)N2CCOCC2)cc1. The average Bonchev–Trinajstić information content (AvgIpc) is 2.73. The number of nitrogens with one attached hydrogen (secondary N) is 1. The molecule has 0 saturated carbocycles. The number of amides is 1. The first kappa shape index (κ1) is 23.3. The minimum absolute atomic E-state index is 0.0254. The molecule has 1 fully saturated rings. The molecule has 0 aliphatic carbocycles. The summed E-state index contributed by atoms with van der Waals surface area (Å²) in [5.74, 6) is -1.03. The zero-order chi connectivity index (χ0) is 21.3. The molecule has 2 rings (SSSR count). The van der Waals surface area contributed by atoms with Crippen molar-refractivity contribution in [2.24, 2.45) is 0 Å². The van der Waals surface area contributed by atoms with Crippen molar-refractivity contribution in [2.75, 3.05) is 32.9 Å². The lowest BCUT2D eigenvalue weighted by Gasteiger charge is -2.26. The topological polar surface area (TPSA) is 102 Å². The van der Waals surface area contributed by atoms with Gasteiger partial charge in [0.05, 0.1) is 23.7 Å². The molecular formula is C20H30N2O6S. The number of esters is 1. The van der Waals surface area contributed by atoms with Crippen molar-refractivity contribution in [1.29, 1.82) is 0 Å². The Morgan fingerprint density at radius 1 is 1.17 bits per heavy atom. The number of rotatable bonds is 10. The molecule has 1 saturated heterocycles. The lowest BCUT2D eigenvalue weighted by atomic mass is 10.1. The quantitative estimate of drug-likeness (QED) is 0.453. The van der Waals surface area contributed by atoms with E-state index >= 15 is 0 Å². The number of nitrogens with zero attached hydrogens (tertiary/aromatic N) is 1. The molecule has 0 bridgehead atoms. The second-order valence-corrected chi connectivity index (χ2v) is 9.02. The van der Waals surface area contributed by atoms with Gasteiger partial charge in [-0.05, 0) is 37.6 Å². The largest absolute Gasteiger partial charge is 0.452 e. The number of hydrogen-bond donors (Lipinski definition) is 1. The van der Waals surface area contributed by atoms with Crippen LogP contribution in [0.2, 0.25) is 0 Å². The summed E-state index contributed by atoms with van der Waals surface area (Å²) < 4.78 is 36.7. The van der Waals surface area contributed by atoms with E-state index in [-0.39, 0.29) is 29.0 Å². The molecule has 0 unspecified atom stereocenters. The number of benzene rings is 1. The summed E-state index contributed by atoms with van der Waals surface area (Å²) in [5.41, 5.74) is 0.190. The molecular weight excluding hydrogens is 396 g/mol. The van der Waals surface area contributed by atoms with Crippen molar-refractivity contribution in [3.05, 3.63) is 29.8 Å². The Morgan fingerprint density at radius 3 is 2.45 bits per heavy atom. The lowest BCUT2D eigenvalue weighted by molar-refractivity contribution is -0.124. The summed E-state index contributed by atoms with van der Waals surface area (Å²) in [4.78, 5) is 24.1. The predicted molar refractivity (Wildman–Crippen MR) is 108 cm³/mol. The van der Waals surface area contributed by atoms with Crippen LogP contribution in [-0.2, 0) is 24.3 Å². The summed E-state index contributed by atoms with van der Waals surface area (Å²) in [6, 6.07) is 5.55. The molecule has 0 radical (unpaired) electrons. The Hall–Kier alpha value is -1.97. The molecule has 1 aliphatic rings. The number of ether oxygens (including phenoxy) is 2. The van der Waals surface area contributed by atoms with E-state index in [1.165, 1.54) is 28.6 Å². The van der Waals surface area contributed by atoms with E-state index in [2.05, 4.69) is 12.2 Å². The Kier molecular flexibility index (Phi) is 9.06. The fourth-order valence-corrected chi connectivity index (χ4v) is 4.41. The Morgan fingerprint density at radius 2 is 1.83 bits per heavy atom. The summed E-state index contributed by atoms with van der Waals surface area (Å²) in [7, 11) is -3.62. The number of morpholine rings is 1. The highest BCUT2D eigenvalue weighted by molar-refractivity contribution is 7.89. The first-order chi connectivity index (χ1) is 13.8. The third kappa shape index (κ3) is 7.09. The number of hydrogen-bond acceptors (Lipinski definition) is 6. The van der Waals surface area contributed by atoms with Crippen LogP contribution in [0.15, 0.2) is 29.2 Å². The van der Waals surface area contributed by atoms with Crippen molar-refractivity contribution < 1.29 is 27.5 Å². The van der Waals surface area contributed by atoms with E-state index < -0.39 is 16.0 Å². The maximum Gasteiger partial charge on any atom is 0.338 e. The van der Waals surface area contributed by atoms with Gasteiger partial charge in [0, 0.05) is 19.1 Å². The molecule has 29 heavy (non-hydrogen) atoms. The number of unbranched alkanes of at least 4 members (excludes halogenated alkanes) is 2. The van der Waals surface area contributed by atoms with E-state index in [1.54, 1.807) is 0 Å². The summed E-state index contributed by atoms with van der Waals surface area (Å²) in [6.45, 7) is 5.00. The summed E-state index contributed by atoms with van der Waals surface area (Å²) in [6.07, 6.45) is 4.15. The van der Waals surface area contributed by atoms with Gasteiger partial charge in [-0.25, -0.2) is 13.2 Å². The van der Waals surface area contributed by atoms with Gasteiger partial charge in [-0.1, -0.05) is 26.2 Å². The van der Waals surface area contributed by atoms with Crippen LogP contribution in [0.3, 0.4) is 0 Å². The van der Waals surface area contributed by atoms with E-state index in [1.807, 2.05) is 6.92 Å². The molecule has 1 amide bonds. The predicted octanol–water partition coefficient (Wildman–Crippen LogP) is 1.95. The highest BCUT2D eigenvalue weighted by Gasteiger charge is 2.26. The molecule has 0 aromatic heterocycles. The van der Waals surface area contributed by atoms with Crippen molar-refractivity contribution in [3.8, 4) is 0 Å². The molecule has 1 atom stereocenters. The number of carbonyl (C=O) groups excluding carboxylic acids is 2. The minimum Gasteiger partial charge on any atom is -0.452 e. The van der Waals surface area contributed by atoms with Crippen LogP contribution in [0.4, 0.5) is 0 Å². The molecule has 9 heteroatoms. The fraction of sp³-hybridized carbons (Fsp3) is 0.600. The molecule has 1 N–H and O–H groups in total. The van der Waals surface area contributed by atoms with Crippen LogP contribution in [0.5, 0.6) is 0 Å². The smallest absolute Gasteiger partial charge is 0.338 e. The van der Waals surface area contributed by atoms with Gasteiger partial charge >= 0.3 is 5.97 Å². The van der Waals surface area contributed by atoms with E-state index in [0.717, 1.165) is 25.7 Å². The second kappa shape index (κ2) is 11.3.